The van der Waals surface area contributed by atoms with Gasteiger partial charge in [0.15, 0.2) is 15.9 Å². The van der Waals surface area contributed by atoms with Gasteiger partial charge in [0.05, 0.1) is 17.1 Å². The van der Waals surface area contributed by atoms with Gasteiger partial charge >= 0.3 is 5.97 Å². The van der Waals surface area contributed by atoms with Gasteiger partial charge in [0.1, 0.15) is 5.82 Å². The van der Waals surface area contributed by atoms with Crippen molar-refractivity contribution in [3.8, 4) is 0 Å². The molecule has 1 atom stereocenters. The number of anilines is 1. The van der Waals surface area contributed by atoms with Crippen molar-refractivity contribution in [2.75, 3.05) is 11.1 Å². The van der Waals surface area contributed by atoms with Gasteiger partial charge in [-0.3, -0.25) is 9.59 Å². The average Bonchev–Trinajstić information content (AvgIpc) is 2.62. The highest BCUT2D eigenvalue weighted by Crippen LogP contribution is 2.14. The third-order valence-electron chi connectivity index (χ3n) is 3.74. The summed E-state index contributed by atoms with van der Waals surface area (Å²) in [4.78, 5) is 23.8. The molecular formula is C19H20FNO5S. The molecule has 2 aromatic carbocycles. The lowest BCUT2D eigenvalue weighted by atomic mass is 10.2. The van der Waals surface area contributed by atoms with Crippen LogP contribution >= 0.6 is 0 Å². The van der Waals surface area contributed by atoms with Gasteiger partial charge in [-0.05, 0) is 50.2 Å². The monoisotopic (exact) mass is 393 g/mol. The van der Waals surface area contributed by atoms with E-state index in [2.05, 4.69) is 5.32 Å². The van der Waals surface area contributed by atoms with Crippen LogP contribution in [0.1, 0.15) is 18.9 Å². The van der Waals surface area contributed by atoms with Gasteiger partial charge in [0.25, 0.3) is 5.91 Å². The van der Waals surface area contributed by atoms with Crippen molar-refractivity contribution in [3.05, 3.63) is 59.9 Å². The third kappa shape index (κ3) is 6.18. The van der Waals surface area contributed by atoms with Gasteiger partial charge in [-0.15, -0.1) is 0 Å². The number of aryl methyl sites for hydroxylation is 1. The summed E-state index contributed by atoms with van der Waals surface area (Å²) >= 11 is 0. The lowest BCUT2D eigenvalue weighted by Gasteiger charge is -2.13. The average molecular weight is 393 g/mol. The molecule has 0 aliphatic rings. The van der Waals surface area contributed by atoms with E-state index in [1.807, 2.05) is 19.1 Å². The molecule has 8 heteroatoms. The van der Waals surface area contributed by atoms with Gasteiger partial charge in [0.2, 0.25) is 0 Å². The summed E-state index contributed by atoms with van der Waals surface area (Å²) in [6.45, 7) is 3.31. The first-order chi connectivity index (χ1) is 12.7. The first kappa shape index (κ1) is 20.6. The van der Waals surface area contributed by atoms with Crippen molar-refractivity contribution in [1.29, 1.82) is 0 Å². The second kappa shape index (κ2) is 8.77. The molecule has 0 bridgehead atoms. The second-order valence-corrected chi connectivity index (χ2v) is 8.12. The number of carbonyl (C=O) groups is 2. The zero-order valence-electron chi connectivity index (χ0n) is 14.9. The molecule has 144 valence electrons. The van der Waals surface area contributed by atoms with E-state index in [9.17, 15) is 22.4 Å². The van der Waals surface area contributed by atoms with Crippen molar-refractivity contribution in [2.45, 2.75) is 31.3 Å². The molecule has 0 aromatic heterocycles. The van der Waals surface area contributed by atoms with E-state index in [1.54, 1.807) is 12.1 Å². The van der Waals surface area contributed by atoms with E-state index in [0.717, 1.165) is 29.8 Å². The Kier molecular flexibility index (Phi) is 6.68. The predicted molar refractivity (Wildman–Crippen MR) is 98.4 cm³/mol. The quantitative estimate of drug-likeness (QED) is 0.577. The summed E-state index contributed by atoms with van der Waals surface area (Å²) in [6.07, 6.45) is -1.49. The van der Waals surface area contributed by atoms with E-state index < -0.39 is 45.8 Å². The molecule has 1 amide bonds. The number of esters is 1. The lowest BCUT2D eigenvalue weighted by Crippen LogP contribution is -2.30. The molecule has 27 heavy (non-hydrogen) atoms. The molecule has 1 N–H and O–H groups in total. The minimum atomic E-state index is -3.75. The Labute approximate surface area is 157 Å². The molecule has 2 rings (SSSR count). The van der Waals surface area contributed by atoms with Crippen LogP contribution in [0.2, 0.25) is 0 Å². The highest BCUT2D eigenvalue weighted by Gasteiger charge is 2.21. The molecule has 0 aliphatic carbocycles. The SMILES string of the molecule is Cc1ccc(NC(=O)[C@H](C)OC(=O)CCS(=O)(=O)c2ccc(F)cc2)cc1. The summed E-state index contributed by atoms with van der Waals surface area (Å²) in [5.41, 5.74) is 1.60. The predicted octanol–water partition coefficient (Wildman–Crippen LogP) is 2.87. The van der Waals surface area contributed by atoms with Crippen LogP contribution in [0, 0.1) is 12.7 Å². The van der Waals surface area contributed by atoms with Crippen molar-refractivity contribution >= 4 is 27.4 Å². The number of amides is 1. The number of hydrogen-bond donors (Lipinski definition) is 1. The largest absolute Gasteiger partial charge is 0.453 e. The summed E-state index contributed by atoms with van der Waals surface area (Å²) < 4.78 is 42.1. The van der Waals surface area contributed by atoms with E-state index >= 15 is 0 Å². The Hall–Kier alpha value is -2.74. The molecule has 0 radical (unpaired) electrons. The lowest BCUT2D eigenvalue weighted by molar-refractivity contribution is -0.152. The maximum absolute atomic E-state index is 12.9. The fourth-order valence-electron chi connectivity index (χ4n) is 2.17. The van der Waals surface area contributed by atoms with Crippen LogP contribution in [0.5, 0.6) is 0 Å². The number of nitrogens with one attached hydrogen (secondary N) is 1. The van der Waals surface area contributed by atoms with Crippen LogP contribution in [0.15, 0.2) is 53.4 Å². The fraction of sp³-hybridized carbons (Fsp3) is 0.263. The maximum atomic E-state index is 12.9. The van der Waals surface area contributed by atoms with E-state index in [4.69, 9.17) is 4.74 Å². The maximum Gasteiger partial charge on any atom is 0.307 e. The second-order valence-electron chi connectivity index (χ2n) is 6.01. The van der Waals surface area contributed by atoms with Gasteiger partial charge in [-0.2, -0.15) is 0 Å². The Balaban J connectivity index is 1.86. The molecular weight excluding hydrogens is 373 g/mol. The van der Waals surface area contributed by atoms with Gasteiger partial charge in [-0.25, -0.2) is 12.8 Å². The highest BCUT2D eigenvalue weighted by atomic mass is 32.2. The molecule has 0 aliphatic heterocycles. The first-order valence-electron chi connectivity index (χ1n) is 8.23. The fourth-order valence-corrected chi connectivity index (χ4v) is 3.39. The number of benzene rings is 2. The molecule has 0 heterocycles. The molecule has 0 fully saturated rings. The van der Waals surface area contributed by atoms with Crippen molar-refractivity contribution < 1.29 is 27.1 Å². The Bertz CT molecular complexity index is 908. The van der Waals surface area contributed by atoms with Crippen molar-refractivity contribution in [3.63, 3.8) is 0 Å². The number of carbonyl (C=O) groups excluding carboxylic acids is 2. The molecule has 0 saturated carbocycles. The van der Waals surface area contributed by atoms with Crippen molar-refractivity contribution in [2.24, 2.45) is 0 Å². The number of ether oxygens (including phenoxy) is 1. The number of halogens is 1. The van der Waals surface area contributed by atoms with Crippen molar-refractivity contribution in [1.82, 2.24) is 0 Å². The minimum absolute atomic E-state index is 0.0816. The molecule has 6 nitrogen and oxygen atoms in total. The summed E-state index contributed by atoms with van der Waals surface area (Å²) in [5.74, 6) is -2.38. The zero-order valence-corrected chi connectivity index (χ0v) is 15.8. The normalized spacial score (nSPS) is 12.3. The van der Waals surface area contributed by atoms with Crippen LogP contribution < -0.4 is 5.32 Å². The molecule has 0 spiro atoms. The third-order valence-corrected chi connectivity index (χ3v) is 5.48. The van der Waals surface area contributed by atoms with Crippen LogP contribution in [-0.2, 0) is 24.2 Å². The highest BCUT2D eigenvalue weighted by molar-refractivity contribution is 7.91. The van der Waals surface area contributed by atoms with Crippen LogP contribution in [0.3, 0.4) is 0 Å². The summed E-state index contributed by atoms with van der Waals surface area (Å²) in [5, 5.41) is 2.61. The van der Waals surface area contributed by atoms with Crippen LogP contribution in [0.4, 0.5) is 10.1 Å². The van der Waals surface area contributed by atoms with E-state index in [0.29, 0.717) is 5.69 Å². The smallest absolute Gasteiger partial charge is 0.307 e. The molecule has 0 unspecified atom stereocenters. The Morgan fingerprint density at radius 2 is 1.67 bits per heavy atom. The molecule has 2 aromatic rings. The van der Waals surface area contributed by atoms with Gasteiger partial charge in [-0.1, -0.05) is 17.7 Å². The first-order valence-corrected chi connectivity index (χ1v) is 9.88. The zero-order chi connectivity index (χ0) is 20.0. The van der Waals surface area contributed by atoms with E-state index in [-0.39, 0.29) is 4.90 Å². The minimum Gasteiger partial charge on any atom is -0.453 e. The number of sulfone groups is 1. The van der Waals surface area contributed by atoms with Gasteiger partial charge in [0, 0.05) is 5.69 Å². The topological polar surface area (TPSA) is 89.5 Å². The standard InChI is InChI=1S/C19H20FNO5S/c1-13-3-7-16(8-4-13)21-19(23)14(2)26-18(22)11-12-27(24,25)17-9-5-15(20)6-10-17/h3-10,14H,11-12H2,1-2H3,(H,21,23)/t14-/m0/s1. The number of rotatable bonds is 7. The van der Waals surface area contributed by atoms with Crippen LogP contribution in [-0.4, -0.2) is 32.2 Å². The Morgan fingerprint density at radius 1 is 1.07 bits per heavy atom. The van der Waals surface area contributed by atoms with Gasteiger partial charge < -0.3 is 10.1 Å². The Morgan fingerprint density at radius 3 is 2.26 bits per heavy atom. The summed E-state index contributed by atoms with van der Waals surface area (Å²) in [7, 11) is -3.75. The molecule has 0 saturated heterocycles. The number of hydrogen-bond acceptors (Lipinski definition) is 5. The van der Waals surface area contributed by atoms with E-state index in [1.165, 1.54) is 6.92 Å². The van der Waals surface area contributed by atoms with Crippen LogP contribution in [0.25, 0.3) is 0 Å². The summed E-state index contributed by atoms with van der Waals surface area (Å²) in [6, 6.07) is 11.4.